The maximum Gasteiger partial charge on any atom is 0.254 e. The average molecular weight is 292 g/mol. The molecule has 5 heteroatoms. The molecule has 0 spiro atoms. The van der Waals surface area contributed by atoms with E-state index >= 15 is 0 Å². The number of carbonyl (C=O) groups is 1. The quantitative estimate of drug-likeness (QED) is 0.684. The third-order valence-corrected chi connectivity index (χ3v) is 2.60. The molecule has 0 unspecified atom stereocenters. The van der Waals surface area contributed by atoms with Gasteiger partial charge in [-0.05, 0) is 28.4 Å². The van der Waals surface area contributed by atoms with Crippen molar-refractivity contribution in [1.29, 1.82) is 0 Å². The Labute approximate surface area is 102 Å². The van der Waals surface area contributed by atoms with E-state index in [1.165, 1.54) is 0 Å². The highest BCUT2D eigenvalue weighted by Gasteiger charge is 2.10. The van der Waals surface area contributed by atoms with Gasteiger partial charge < -0.3 is 5.32 Å². The number of hydrogen-bond donors (Lipinski definition) is 1. The van der Waals surface area contributed by atoms with Crippen LogP contribution in [0.4, 0.5) is 0 Å². The fourth-order valence-electron chi connectivity index (χ4n) is 1.06. The van der Waals surface area contributed by atoms with E-state index in [1.54, 1.807) is 12.3 Å². The molecular weight excluding hydrogens is 279 g/mol. The molecule has 0 aliphatic carbocycles. The van der Waals surface area contributed by atoms with Crippen molar-refractivity contribution in [2.24, 2.45) is 0 Å². The Morgan fingerprint density at radius 2 is 2.40 bits per heavy atom. The number of hydrogen-bond acceptors (Lipinski definition) is 2. The summed E-state index contributed by atoms with van der Waals surface area (Å²) in [5.74, 6) is -0.178. The van der Waals surface area contributed by atoms with Crippen LogP contribution in [0.25, 0.3) is 0 Å². The van der Waals surface area contributed by atoms with Crippen LogP contribution >= 0.6 is 27.5 Å². The maximum absolute atomic E-state index is 11.6. The van der Waals surface area contributed by atoms with E-state index in [4.69, 9.17) is 11.6 Å². The lowest BCUT2D eigenvalue weighted by molar-refractivity contribution is 0.0953. The van der Waals surface area contributed by atoms with Crippen molar-refractivity contribution in [3.63, 3.8) is 0 Å². The van der Waals surface area contributed by atoms with E-state index in [0.717, 1.165) is 17.3 Å². The summed E-state index contributed by atoms with van der Waals surface area (Å²) in [6.45, 7) is 2.73. The third kappa shape index (κ3) is 3.80. The molecule has 1 amide bonds. The van der Waals surface area contributed by atoms with E-state index in [9.17, 15) is 4.79 Å². The standard InChI is InChI=1S/C10H12BrClN2O/c1-2-3-4-13-10(15)8-5-7(11)6-14-9(8)12/h5-6H,2-4H2,1H3,(H,13,15). The molecule has 0 fully saturated rings. The van der Waals surface area contributed by atoms with Crippen LogP contribution in [-0.4, -0.2) is 17.4 Å². The maximum atomic E-state index is 11.6. The molecule has 15 heavy (non-hydrogen) atoms. The minimum absolute atomic E-state index is 0.178. The fourth-order valence-corrected chi connectivity index (χ4v) is 1.58. The topological polar surface area (TPSA) is 42.0 Å². The normalized spacial score (nSPS) is 10.1. The molecule has 0 saturated carbocycles. The van der Waals surface area contributed by atoms with Gasteiger partial charge in [-0.2, -0.15) is 0 Å². The van der Waals surface area contributed by atoms with Crippen LogP contribution in [0.2, 0.25) is 5.15 Å². The van der Waals surface area contributed by atoms with Crippen molar-refractivity contribution < 1.29 is 4.79 Å². The monoisotopic (exact) mass is 290 g/mol. The summed E-state index contributed by atoms with van der Waals surface area (Å²) < 4.78 is 0.743. The Balaban J connectivity index is 2.68. The predicted molar refractivity (Wildman–Crippen MR) is 64.2 cm³/mol. The molecule has 3 nitrogen and oxygen atoms in total. The summed E-state index contributed by atoms with van der Waals surface area (Å²) in [5, 5.41) is 3.01. The summed E-state index contributed by atoms with van der Waals surface area (Å²) in [6, 6.07) is 1.66. The smallest absolute Gasteiger partial charge is 0.254 e. The van der Waals surface area contributed by atoms with Crippen LogP contribution < -0.4 is 5.32 Å². The highest BCUT2D eigenvalue weighted by molar-refractivity contribution is 9.10. The number of unbranched alkanes of at least 4 members (excludes halogenated alkanes) is 1. The molecule has 82 valence electrons. The number of rotatable bonds is 4. The molecule has 1 N–H and O–H groups in total. The zero-order valence-corrected chi connectivity index (χ0v) is 10.7. The van der Waals surface area contributed by atoms with Crippen LogP contribution in [0, 0.1) is 0 Å². The SMILES string of the molecule is CCCCNC(=O)c1cc(Br)cnc1Cl. The molecule has 0 aliphatic heterocycles. The van der Waals surface area contributed by atoms with Crippen molar-refractivity contribution in [3.05, 3.63) is 27.5 Å². The lowest BCUT2D eigenvalue weighted by atomic mass is 10.2. The summed E-state index contributed by atoms with van der Waals surface area (Å²) in [4.78, 5) is 15.5. The molecule has 1 rings (SSSR count). The first-order valence-corrected chi connectivity index (χ1v) is 5.91. The number of carbonyl (C=O) groups excluding carboxylic acids is 1. The van der Waals surface area contributed by atoms with Gasteiger partial charge in [-0.3, -0.25) is 4.79 Å². The van der Waals surface area contributed by atoms with Gasteiger partial charge in [-0.25, -0.2) is 4.98 Å². The molecule has 0 aliphatic rings. The first kappa shape index (κ1) is 12.5. The van der Waals surface area contributed by atoms with Gasteiger partial charge in [0.25, 0.3) is 5.91 Å². The molecule has 1 heterocycles. The second-order valence-corrected chi connectivity index (χ2v) is 4.38. The molecular formula is C10H12BrClN2O. The van der Waals surface area contributed by atoms with Gasteiger partial charge >= 0.3 is 0 Å². The lowest BCUT2D eigenvalue weighted by Crippen LogP contribution is -2.24. The molecule has 0 radical (unpaired) electrons. The zero-order valence-electron chi connectivity index (χ0n) is 8.39. The van der Waals surface area contributed by atoms with Crippen molar-refractivity contribution >= 4 is 33.4 Å². The molecule has 1 aromatic heterocycles. The van der Waals surface area contributed by atoms with Gasteiger partial charge in [0.1, 0.15) is 5.15 Å². The Bertz CT molecular complexity index is 357. The highest BCUT2D eigenvalue weighted by atomic mass is 79.9. The van der Waals surface area contributed by atoms with Crippen molar-refractivity contribution in [2.75, 3.05) is 6.54 Å². The van der Waals surface area contributed by atoms with Gasteiger partial charge in [0.05, 0.1) is 5.56 Å². The minimum atomic E-state index is -0.178. The van der Waals surface area contributed by atoms with Gasteiger partial charge in [-0.15, -0.1) is 0 Å². The van der Waals surface area contributed by atoms with Crippen LogP contribution in [-0.2, 0) is 0 Å². The Kier molecular flexibility index (Phi) is 5.05. The molecule has 0 bridgehead atoms. The molecule has 0 atom stereocenters. The van der Waals surface area contributed by atoms with Crippen LogP contribution in [0.1, 0.15) is 30.1 Å². The van der Waals surface area contributed by atoms with E-state index in [0.29, 0.717) is 12.1 Å². The van der Waals surface area contributed by atoms with Crippen LogP contribution in [0.3, 0.4) is 0 Å². The highest BCUT2D eigenvalue weighted by Crippen LogP contribution is 2.17. The van der Waals surface area contributed by atoms with Gasteiger partial charge in [0.15, 0.2) is 0 Å². The summed E-state index contributed by atoms with van der Waals surface area (Å²) in [6.07, 6.45) is 3.57. The Hall–Kier alpha value is -0.610. The summed E-state index contributed by atoms with van der Waals surface area (Å²) >= 11 is 9.06. The lowest BCUT2D eigenvalue weighted by Gasteiger charge is -2.05. The largest absolute Gasteiger partial charge is 0.352 e. The van der Waals surface area contributed by atoms with E-state index in [1.807, 2.05) is 0 Å². The first-order valence-electron chi connectivity index (χ1n) is 4.74. The van der Waals surface area contributed by atoms with Crippen LogP contribution in [0.5, 0.6) is 0 Å². The second-order valence-electron chi connectivity index (χ2n) is 3.10. The molecule has 0 aromatic carbocycles. The van der Waals surface area contributed by atoms with E-state index < -0.39 is 0 Å². The number of aromatic nitrogens is 1. The zero-order chi connectivity index (χ0) is 11.3. The third-order valence-electron chi connectivity index (χ3n) is 1.87. The summed E-state index contributed by atoms with van der Waals surface area (Å²) in [7, 11) is 0. The van der Waals surface area contributed by atoms with Crippen molar-refractivity contribution in [1.82, 2.24) is 10.3 Å². The average Bonchev–Trinajstić information content (AvgIpc) is 2.22. The van der Waals surface area contributed by atoms with E-state index in [-0.39, 0.29) is 11.1 Å². The summed E-state index contributed by atoms with van der Waals surface area (Å²) in [5.41, 5.74) is 0.405. The number of halogens is 2. The fraction of sp³-hybridized carbons (Fsp3) is 0.400. The van der Waals surface area contributed by atoms with Gasteiger partial charge in [-0.1, -0.05) is 24.9 Å². The number of nitrogens with one attached hydrogen (secondary N) is 1. The van der Waals surface area contributed by atoms with Crippen molar-refractivity contribution in [2.45, 2.75) is 19.8 Å². The number of nitrogens with zero attached hydrogens (tertiary/aromatic N) is 1. The Morgan fingerprint density at radius 3 is 3.07 bits per heavy atom. The predicted octanol–water partition coefficient (Wildman–Crippen LogP) is 3.03. The second kappa shape index (κ2) is 6.08. The van der Waals surface area contributed by atoms with Crippen LogP contribution in [0.15, 0.2) is 16.7 Å². The van der Waals surface area contributed by atoms with Gasteiger partial charge in [0, 0.05) is 17.2 Å². The first-order chi connectivity index (χ1) is 7.15. The number of amides is 1. The van der Waals surface area contributed by atoms with Gasteiger partial charge in [0.2, 0.25) is 0 Å². The van der Waals surface area contributed by atoms with Crippen molar-refractivity contribution in [3.8, 4) is 0 Å². The Morgan fingerprint density at radius 1 is 1.67 bits per heavy atom. The van der Waals surface area contributed by atoms with E-state index in [2.05, 4.69) is 33.2 Å². The molecule has 0 saturated heterocycles. The molecule has 1 aromatic rings. The minimum Gasteiger partial charge on any atom is -0.352 e. The number of pyridine rings is 1.